The van der Waals surface area contributed by atoms with Crippen molar-refractivity contribution in [2.45, 2.75) is 45.4 Å². The Balaban J connectivity index is 1.46. The van der Waals surface area contributed by atoms with Crippen molar-refractivity contribution in [2.24, 2.45) is 0 Å². The van der Waals surface area contributed by atoms with Crippen molar-refractivity contribution in [2.75, 3.05) is 23.4 Å². The fourth-order valence-electron chi connectivity index (χ4n) is 4.62. The number of anilines is 3. The molecule has 0 atom stereocenters. The first-order valence-corrected chi connectivity index (χ1v) is 11.1. The van der Waals surface area contributed by atoms with Gasteiger partial charge in [0.15, 0.2) is 0 Å². The molecular formula is C26H28N4O. The Morgan fingerprint density at radius 1 is 0.903 bits per heavy atom. The van der Waals surface area contributed by atoms with Crippen molar-refractivity contribution in [1.29, 1.82) is 0 Å². The second-order valence-electron chi connectivity index (χ2n) is 8.85. The van der Waals surface area contributed by atoms with Crippen LogP contribution in [0.25, 0.3) is 11.3 Å². The predicted octanol–water partition coefficient (Wildman–Crippen LogP) is 5.26. The summed E-state index contributed by atoms with van der Waals surface area (Å²) in [5, 5.41) is 0. The molecule has 0 aliphatic carbocycles. The summed E-state index contributed by atoms with van der Waals surface area (Å²) in [6.45, 7) is 5.29. The highest BCUT2D eigenvalue weighted by Crippen LogP contribution is 2.38. The Kier molecular flexibility index (Phi) is 4.97. The summed E-state index contributed by atoms with van der Waals surface area (Å²) in [5.74, 6) is 0.616. The van der Waals surface area contributed by atoms with Gasteiger partial charge in [-0.3, -0.25) is 14.8 Å². The minimum Gasteiger partial charge on any atom is -0.340 e. The van der Waals surface area contributed by atoms with Crippen LogP contribution in [0, 0.1) is 0 Å². The van der Waals surface area contributed by atoms with Crippen LogP contribution < -0.4 is 9.80 Å². The highest BCUT2D eigenvalue weighted by atomic mass is 16.2. The number of hydrogen-bond donors (Lipinski definition) is 0. The molecule has 0 saturated heterocycles. The Hall–Kier alpha value is -3.21. The van der Waals surface area contributed by atoms with Crippen LogP contribution in [0.3, 0.4) is 0 Å². The van der Waals surface area contributed by atoms with Crippen molar-refractivity contribution in [3.05, 3.63) is 65.6 Å². The number of hydrogen-bond acceptors (Lipinski definition) is 4. The van der Waals surface area contributed by atoms with Crippen LogP contribution in [0.1, 0.15) is 49.4 Å². The van der Waals surface area contributed by atoms with Crippen molar-refractivity contribution in [3.63, 3.8) is 0 Å². The quantitative estimate of drug-likeness (QED) is 0.589. The van der Waals surface area contributed by atoms with E-state index in [0.717, 1.165) is 48.4 Å². The lowest BCUT2D eigenvalue weighted by atomic mass is 9.97. The van der Waals surface area contributed by atoms with E-state index < -0.39 is 0 Å². The highest BCUT2D eigenvalue weighted by Gasteiger charge is 2.24. The zero-order valence-electron chi connectivity index (χ0n) is 18.4. The molecule has 0 fully saturated rings. The van der Waals surface area contributed by atoms with E-state index in [-0.39, 0.29) is 5.91 Å². The largest absolute Gasteiger partial charge is 0.340 e. The van der Waals surface area contributed by atoms with Gasteiger partial charge >= 0.3 is 0 Å². The molecule has 0 N–H and O–H groups in total. The molecule has 0 bridgehead atoms. The molecule has 3 aromatic rings. The zero-order valence-corrected chi connectivity index (χ0v) is 18.4. The van der Waals surface area contributed by atoms with Crippen LogP contribution in [0.5, 0.6) is 0 Å². The van der Waals surface area contributed by atoms with Gasteiger partial charge in [0.1, 0.15) is 0 Å². The zero-order chi connectivity index (χ0) is 21.5. The third-order valence-corrected chi connectivity index (χ3v) is 6.48. The molecule has 2 aromatic heterocycles. The number of aryl methyl sites for hydroxylation is 2. The van der Waals surface area contributed by atoms with Gasteiger partial charge in [0.25, 0.3) is 0 Å². The molecule has 2 aliphatic heterocycles. The molecule has 4 heterocycles. The number of nitrogens with zero attached hydrogens (tertiary/aromatic N) is 4. The molecule has 0 spiro atoms. The average Bonchev–Trinajstić information content (AvgIpc) is 2.80. The number of carbonyl (C=O) groups is 1. The van der Waals surface area contributed by atoms with Gasteiger partial charge in [0.2, 0.25) is 5.91 Å². The van der Waals surface area contributed by atoms with E-state index >= 15 is 0 Å². The van der Waals surface area contributed by atoms with Crippen molar-refractivity contribution < 1.29 is 4.79 Å². The van der Waals surface area contributed by atoms with Crippen LogP contribution in [-0.4, -0.2) is 29.5 Å². The summed E-state index contributed by atoms with van der Waals surface area (Å²) in [5.41, 5.74) is 9.11. The van der Waals surface area contributed by atoms with E-state index in [9.17, 15) is 4.79 Å². The van der Waals surface area contributed by atoms with Crippen LogP contribution >= 0.6 is 0 Å². The minimum atomic E-state index is 0.191. The summed E-state index contributed by atoms with van der Waals surface area (Å²) >= 11 is 0. The van der Waals surface area contributed by atoms with E-state index in [1.54, 1.807) is 4.90 Å². The van der Waals surface area contributed by atoms with E-state index in [1.807, 2.05) is 19.4 Å². The lowest BCUT2D eigenvalue weighted by Gasteiger charge is -2.33. The standard InChI is InChI=1S/C26H28N4O/c1-17(2)22-9-6-20(15-27-22)23-14-18-5-4-12-30(25(18)16-28-23)21-8-10-24-19(13-21)7-11-26(31)29(24)3/h6,8-10,13-17H,4-5,7,11-12H2,1-3H3. The van der Waals surface area contributed by atoms with Crippen LogP contribution in [0.2, 0.25) is 0 Å². The van der Waals surface area contributed by atoms with Gasteiger partial charge in [0.05, 0.1) is 17.6 Å². The van der Waals surface area contributed by atoms with Crippen LogP contribution in [0.15, 0.2) is 48.8 Å². The summed E-state index contributed by atoms with van der Waals surface area (Å²) in [4.78, 5) is 25.5. The molecule has 0 radical (unpaired) electrons. The topological polar surface area (TPSA) is 49.3 Å². The summed E-state index contributed by atoms with van der Waals surface area (Å²) in [6.07, 6.45) is 7.50. The molecule has 0 unspecified atom stereocenters. The Bertz CT molecular complexity index is 1140. The average molecular weight is 413 g/mol. The number of aromatic nitrogens is 2. The fourth-order valence-corrected chi connectivity index (χ4v) is 4.62. The molecule has 1 amide bonds. The fraction of sp³-hybridized carbons (Fsp3) is 0.346. The number of fused-ring (bicyclic) bond motifs is 2. The van der Waals surface area contributed by atoms with Gasteiger partial charge in [-0.25, -0.2) is 0 Å². The molecule has 5 heteroatoms. The van der Waals surface area contributed by atoms with Crippen molar-refractivity contribution in [1.82, 2.24) is 9.97 Å². The monoisotopic (exact) mass is 412 g/mol. The SMILES string of the molecule is CC(C)c1ccc(-c2cc3c(cn2)N(c2ccc4c(c2)CCC(=O)N4C)CCC3)cn1. The van der Waals surface area contributed by atoms with Gasteiger partial charge < -0.3 is 9.80 Å². The first-order valence-electron chi connectivity index (χ1n) is 11.1. The van der Waals surface area contributed by atoms with Crippen molar-refractivity contribution in [3.8, 4) is 11.3 Å². The van der Waals surface area contributed by atoms with Gasteiger partial charge in [-0.1, -0.05) is 13.8 Å². The Labute approximate surface area is 183 Å². The van der Waals surface area contributed by atoms with Crippen molar-refractivity contribution >= 4 is 23.0 Å². The number of carbonyl (C=O) groups excluding carboxylic acids is 1. The van der Waals surface area contributed by atoms with Crippen LogP contribution in [-0.2, 0) is 17.6 Å². The van der Waals surface area contributed by atoms with E-state index in [0.29, 0.717) is 12.3 Å². The minimum absolute atomic E-state index is 0.191. The Morgan fingerprint density at radius 3 is 2.52 bits per heavy atom. The summed E-state index contributed by atoms with van der Waals surface area (Å²) in [7, 11) is 1.87. The second-order valence-corrected chi connectivity index (χ2v) is 8.85. The molecule has 5 rings (SSSR count). The highest BCUT2D eigenvalue weighted by molar-refractivity contribution is 5.96. The molecule has 1 aromatic carbocycles. The van der Waals surface area contributed by atoms with Gasteiger partial charge in [-0.05, 0) is 72.7 Å². The maximum Gasteiger partial charge on any atom is 0.227 e. The smallest absolute Gasteiger partial charge is 0.227 e. The maximum absolute atomic E-state index is 12.0. The van der Waals surface area contributed by atoms with E-state index in [2.05, 4.69) is 60.1 Å². The lowest BCUT2D eigenvalue weighted by molar-refractivity contribution is -0.118. The molecule has 158 valence electrons. The number of benzene rings is 1. The molecule has 0 saturated carbocycles. The number of rotatable bonds is 3. The third-order valence-electron chi connectivity index (χ3n) is 6.48. The van der Waals surface area contributed by atoms with Gasteiger partial charge in [0, 0.05) is 48.8 Å². The second kappa shape index (κ2) is 7.80. The molecule has 2 aliphatic rings. The third kappa shape index (κ3) is 3.58. The number of pyridine rings is 2. The molecule has 5 nitrogen and oxygen atoms in total. The molecular weight excluding hydrogens is 384 g/mol. The predicted molar refractivity (Wildman–Crippen MR) is 125 cm³/mol. The Morgan fingerprint density at radius 2 is 1.74 bits per heavy atom. The van der Waals surface area contributed by atoms with Gasteiger partial charge in [-0.15, -0.1) is 0 Å². The number of amides is 1. The maximum atomic E-state index is 12.0. The summed E-state index contributed by atoms with van der Waals surface area (Å²) in [6, 6.07) is 12.9. The first kappa shape index (κ1) is 19.7. The van der Waals surface area contributed by atoms with E-state index in [1.165, 1.54) is 22.5 Å². The molecule has 31 heavy (non-hydrogen) atoms. The summed E-state index contributed by atoms with van der Waals surface area (Å²) < 4.78 is 0. The first-order chi connectivity index (χ1) is 15.0. The lowest BCUT2D eigenvalue weighted by Crippen LogP contribution is -2.31. The van der Waals surface area contributed by atoms with Crippen LogP contribution in [0.4, 0.5) is 17.1 Å². The normalized spacial score (nSPS) is 15.8. The van der Waals surface area contributed by atoms with Gasteiger partial charge in [-0.2, -0.15) is 0 Å². The van der Waals surface area contributed by atoms with E-state index in [4.69, 9.17) is 4.98 Å².